The number of thiocarbonyl (C=S) groups is 1. The molecule has 0 atom stereocenters. The van der Waals surface area contributed by atoms with Gasteiger partial charge in [0.05, 0.1) is 12.7 Å². The van der Waals surface area contributed by atoms with Crippen molar-refractivity contribution in [3.63, 3.8) is 0 Å². The lowest BCUT2D eigenvalue weighted by Gasteiger charge is -2.10. The van der Waals surface area contributed by atoms with Crippen LogP contribution in [0, 0.1) is 20.8 Å². The van der Waals surface area contributed by atoms with Gasteiger partial charge in [0.15, 0.2) is 5.11 Å². The number of pyridine rings is 1. The second-order valence-electron chi connectivity index (χ2n) is 4.72. The van der Waals surface area contributed by atoms with E-state index in [1.54, 1.807) is 0 Å². The molecule has 0 saturated heterocycles. The Bertz CT molecular complexity index is 726. The Kier molecular flexibility index (Phi) is 5.10. The Morgan fingerprint density at radius 3 is 2.64 bits per heavy atom. The molecule has 0 unspecified atom stereocenters. The number of ether oxygens (including phenoxy) is 1. The molecule has 2 heterocycles. The van der Waals surface area contributed by atoms with Gasteiger partial charge in [0, 0.05) is 10.6 Å². The zero-order valence-corrected chi connectivity index (χ0v) is 14.4. The number of anilines is 2. The first-order valence-electron chi connectivity index (χ1n) is 6.62. The molecule has 0 aliphatic carbocycles. The van der Waals surface area contributed by atoms with Crippen LogP contribution < -0.4 is 10.6 Å². The zero-order valence-electron chi connectivity index (χ0n) is 12.8. The van der Waals surface area contributed by atoms with Crippen molar-refractivity contribution >= 4 is 45.5 Å². The van der Waals surface area contributed by atoms with Crippen LogP contribution in [0.25, 0.3) is 0 Å². The highest BCUT2D eigenvalue weighted by molar-refractivity contribution is 7.80. The number of carbonyl (C=O) groups is 1. The van der Waals surface area contributed by atoms with Crippen molar-refractivity contribution in [1.82, 2.24) is 4.98 Å². The zero-order chi connectivity index (χ0) is 16.3. The van der Waals surface area contributed by atoms with Crippen LogP contribution in [-0.2, 0) is 4.74 Å². The SMILES string of the molecule is COC(=O)c1c(NC(=S)Nc2cccc(C)n2)sc(C)c1C. The topological polar surface area (TPSA) is 63.2 Å². The first kappa shape index (κ1) is 16.4. The average Bonchev–Trinajstić information content (AvgIpc) is 2.72. The molecule has 0 aliphatic heterocycles. The monoisotopic (exact) mass is 335 g/mol. The maximum atomic E-state index is 11.9. The van der Waals surface area contributed by atoms with Gasteiger partial charge in [0.2, 0.25) is 0 Å². The fraction of sp³-hybridized carbons (Fsp3) is 0.267. The summed E-state index contributed by atoms with van der Waals surface area (Å²) in [6, 6.07) is 5.63. The summed E-state index contributed by atoms with van der Waals surface area (Å²) < 4.78 is 4.84. The summed E-state index contributed by atoms with van der Waals surface area (Å²) in [6.45, 7) is 5.75. The van der Waals surface area contributed by atoms with Gasteiger partial charge in [0.1, 0.15) is 10.8 Å². The van der Waals surface area contributed by atoms with Gasteiger partial charge < -0.3 is 15.4 Å². The number of hydrogen-bond acceptors (Lipinski definition) is 5. The molecular formula is C15H17N3O2S2. The lowest BCUT2D eigenvalue weighted by Crippen LogP contribution is -2.20. The Labute approximate surface area is 138 Å². The van der Waals surface area contributed by atoms with Crippen molar-refractivity contribution in [3.05, 3.63) is 39.9 Å². The van der Waals surface area contributed by atoms with Gasteiger partial charge in [-0.1, -0.05) is 6.07 Å². The molecule has 0 radical (unpaired) electrons. The number of thiophene rings is 1. The molecule has 2 aromatic rings. The van der Waals surface area contributed by atoms with Crippen LogP contribution in [0.4, 0.5) is 10.8 Å². The molecule has 5 nitrogen and oxygen atoms in total. The molecule has 116 valence electrons. The Balaban J connectivity index is 2.18. The van der Waals surface area contributed by atoms with Crippen molar-refractivity contribution < 1.29 is 9.53 Å². The highest BCUT2D eigenvalue weighted by Gasteiger charge is 2.20. The maximum Gasteiger partial charge on any atom is 0.341 e. The number of aryl methyl sites for hydroxylation is 2. The van der Waals surface area contributed by atoms with Gasteiger partial charge in [-0.05, 0) is 50.7 Å². The number of hydrogen-bond donors (Lipinski definition) is 2. The molecule has 0 aliphatic rings. The van der Waals surface area contributed by atoms with E-state index in [-0.39, 0.29) is 5.97 Å². The number of aromatic nitrogens is 1. The number of nitrogens with zero attached hydrogens (tertiary/aromatic N) is 1. The van der Waals surface area contributed by atoms with Gasteiger partial charge in [-0.15, -0.1) is 11.3 Å². The van der Waals surface area contributed by atoms with E-state index >= 15 is 0 Å². The van der Waals surface area contributed by atoms with Crippen LogP contribution in [0.15, 0.2) is 18.2 Å². The van der Waals surface area contributed by atoms with Crippen molar-refractivity contribution in [2.75, 3.05) is 17.7 Å². The summed E-state index contributed by atoms with van der Waals surface area (Å²) in [5.74, 6) is 0.281. The van der Waals surface area contributed by atoms with Crippen molar-refractivity contribution in [2.45, 2.75) is 20.8 Å². The summed E-state index contributed by atoms with van der Waals surface area (Å²) >= 11 is 6.76. The number of nitrogens with one attached hydrogen (secondary N) is 2. The molecule has 2 rings (SSSR count). The van der Waals surface area contributed by atoms with Gasteiger partial charge in [-0.3, -0.25) is 0 Å². The summed E-state index contributed by atoms with van der Waals surface area (Å²) in [6.07, 6.45) is 0. The number of esters is 1. The highest BCUT2D eigenvalue weighted by atomic mass is 32.1. The lowest BCUT2D eigenvalue weighted by atomic mass is 10.1. The third-order valence-electron chi connectivity index (χ3n) is 3.13. The number of rotatable bonds is 3. The molecule has 7 heteroatoms. The molecule has 0 aromatic carbocycles. The van der Waals surface area contributed by atoms with Crippen molar-refractivity contribution in [3.8, 4) is 0 Å². The first-order chi connectivity index (χ1) is 10.4. The standard InChI is InChI=1S/C15H17N3O2S2/c1-8-6-5-7-11(16-8)17-15(21)18-13-12(14(19)20-4)9(2)10(3)22-13/h5-7H,1-4H3,(H2,16,17,18,21). The number of methoxy groups -OCH3 is 1. The summed E-state index contributed by atoms with van der Waals surface area (Å²) in [4.78, 5) is 17.3. The quantitative estimate of drug-likeness (QED) is 0.659. The fourth-order valence-electron chi connectivity index (χ4n) is 1.93. The molecule has 0 fully saturated rings. The summed E-state index contributed by atoms with van der Waals surface area (Å²) in [5, 5.41) is 7.11. The van der Waals surface area contributed by atoms with E-state index in [0.717, 1.165) is 16.1 Å². The maximum absolute atomic E-state index is 11.9. The van der Waals surface area contributed by atoms with Gasteiger partial charge in [-0.2, -0.15) is 0 Å². The summed E-state index contributed by atoms with van der Waals surface area (Å²) in [5.41, 5.74) is 2.31. The smallest absolute Gasteiger partial charge is 0.341 e. The van der Waals surface area contributed by atoms with Crippen molar-refractivity contribution in [1.29, 1.82) is 0 Å². The van der Waals surface area contributed by atoms with Crippen LogP contribution in [0.1, 0.15) is 26.5 Å². The second kappa shape index (κ2) is 6.85. The predicted molar refractivity (Wildman–Crippen MR) is 93.9 cm³/mol. The summed E-state index contributed by atoms with van der Waals surface area (Å²) in [7, 11) is 1.37. The molecule has 0 bridgehead atoms. The Hall–Kier alpha value is -1.99. The van der Waals surface area contributed by atoms with Crippen LogP contribution in [0.5, 0.6) is 0 Å². The van der Waals surface area contributed by atoms with E-state index in [1.807, 2.05) is 39.0 Å². The van der Waals surface area contributed by atoms with Gasteiger partial charge in [-0.25, -0.2) is 9.78 Å². The van der Waals surface area contributed by atoms with E-state index < -0.39 is 0 Å². The minimum atomic E-state index is -0.374. The Morgan fingerprint density at radius 2 is 2.00 bits per heavy atom. The molecule has 0 amide bonds. The second-order valence-corrected chi connectivity index (χ2v) is 6.36. The average molecular weight is 335 g/mol. The van der Waals surface area contributed by atoms with Crippen molar-refractivity contribution in [2.24, 2.45) is 0 Å². The molecule has 22 heavy (non-hydrogen) atoms. The van der Waals surface area contributed by atoms with E-state index in [2.05, 4.69) is 15.6 Å². The molecule has 2 aromatic heterocycles. The third kappa shape index (κ3) is 3.61. The van der Waals surface area contributed by atoms with Crippen LogP contribution in [0.3, 0.4) is 0 Å². The minimum Gasteiger partial charge on any atom is -0.465 e. The van der Waals surface area contributed by atoms with Gasteiger partial charge in [0.25, 0.3) is 0 Å². The van der Waals surface area contributed by atoms with Crippen LogP contribution in [-0.4, -0.2) is 23.2 Å². The lowest BCUT2D eigenvalue weighted by molar-refractivity contribution is 0.0601. The van der Waals surface area contributed by atoms with E-state index in [9.17, 15) is 4.79 Å². The molecule has 2 N–H and O–H groups in total. The highest BCUT2D eigenvalue weighted by Crippen LogP contribution is 2.33. The van der Waals surface area contributed by atoms with E-state index in [0.29, 0.717) is 21.5 Å². The first-order valence-corrected chi connectivity index (χ1v) is 7.84. The van der Waals surface area contributed by atoms with Gasteiger partial charge >= 0.3 is 5.97 Å². The molecule has 0 saturated carbocycles. The minimum absolute atomic E-state index is 0.374. The van der Waals surface area contributed by atoms with Crippen LogP contribution >= 0.6 is 23.6 Å². The normalized spacial score (nSPS) is 10.2. The number of carbonyl (C=O) groups excluding carboxylic acids is 1. The Morgan fingerprint density at radius 1 is 1.27 bits per heavy atom. The van der Waals surface area contributed by atoms with Crippen LogP contribution in [0.2, 0.25) is 0 Å². The molecular weight excluding hydrogens is 318 g/mol. The third-order valence-corrected chi connectivity index (χ3v) is 4.46. The fourth-order valence-corrected chi connectivity index (χ4v) is 3.25. The largest absolute Gasteiger partial charge is 0.465 e. The molecule has 0 spiro atoms. The van der Waals surface area contributed by atoms with E-state index in [4.69, 9.17) is 17.0 Å². The predicted octanol–water partition coefficient (Wildman–Crippen LogP) is 3.66. The van der Waals surface area contributed by atoms with E-state index in [1.165, 1.54) is 18.4 Å².